The maximum Gasteiger partial charge on any atom is 0.307 e. The summed E-state index contributed by atoms with van der Waals surface area (Å²) in [5.41, 5.74) is 0.0680. The first-order valence-electron chi connectivity index (χ1n) is 9.50. The predicted molar refractivity (Wildman–Crippen MR) is 93.8 cm³/mol. The molecular weight excluding hydrogens is 351 g/mol. The molecule has 2 aliphatic heterocycles. The fourth-order valence-corrected chi connectivity index (χ4v) is 4.57. The molecule has 1 aromatic carbocycles. The summed E-state index contributed by atoms with van der Waals surface area (Å²) in [6, 6.07) is 6.17. The van der Waals surface area contributed by atoms with Gasteiger partial charge in [0.2, 0.25) is 11.8 Å². The van der Waals surface area contributed by atoms with Crippen LogP contribution in [0.25, 0.3) is 0 Å². The number of nitrogens with zero attached hydrogens (tertiary/aromatic N) is 2. The molecule has 1 aliphatic carbocycles. The highest BCUT2D eigenvalue weighted by Crippen LogP contribution is 2.46. The summed E-state index contributed by atoms with van der Waals surface area (Å²) in [5, 5.41) is 0. The van der Waals surface area contributed by atoms with E-state index >= 15 is 0 Å². The summed E-state index contributed by atoms with van der Waals surface area (Å²) in [5.74, 6) is -1.44. The van der Waals surface area contributed by atoms with Crippen molar-refractivity contribution < 1.29 is 23.5 Å². The van der Waals surface area contributed by atoms with Crippen molar-refractivity contribution in [2.75, 3.05) is 19.6 Å². The zero-order valence-electron chi connectivity index (χ0n) is 15.2. The summed E-state index contributed by atoms with van der Waals surface area (Å²) in [6.45, 7) is 1.14. The van der Waals surface area contributed by atoms with E-state index < -0.39 is 11.5 Å². The molecule has 0 N–H and O–H groups in total. The van der Waals surface area contributed by atoms with Crippen molar-refractivity contribution in [2.24, 2.45) is 5.92 Å². The van der Waals surface area contributed by atoms with Crippen LogP contribution in [0.4, 0.5) is 4.39 Å². The molecule has 0 unspecified atom stereocenters. The van der Waals surface area contributed by atoms with E-state index in [1.54, 1.807) is 21.9 Å². The number of esters is 1. The number of halogens is 1. The van der Waals surface area contributed by atoms with Crippen molar-refractivity contribution in [1.82, 2.24) is 9.80 Å². The number of hydrogen-bond donors (Lipinski definition) is 0. The number of amides is 2. The Morgan fingerprint density at radius 1 is 1.22 bits per heavy atom. The summed E-state index contributed by atoms with van der Waals surface area (Å²) in [4.78, 5) is 40.6. The standard InChI is InChI=1S/C20H23FN2O4/c21-15-5-3-4-14(10-15)12-22-8-9-23(13-17(22)24)19(26)16-11-18(25)27-20(16)6-1-2-7-20/h3-5,10,16H,1-2,6-9,11-13H2/t16-/m1/s1. The van der Waals surface area contributed by atoms with Gasteiger partial charge in [-0.3, -0.25) is 14.4 Å². The van der Waals surface area contributed by atoms with E-state index in [1.165, 1.54) is 12.1 Å². The van der Waals surface area contributed by atoms with Gasteiger partial charge in [-0.15, -0.1) is 0 Å². The number of carbonyl (C=O) groups is 3. The lowest BCUT2D eigenvalue weighted by atomic mass is 9.84. The average Bonchev–Trinajstić information content (AvgIpc) is 3.23. The second-order valence-corrected chi connectivity index (χ2v) is 7.71. The van der Waals surface area contributed by atoms with Gasteiger partial charge >= 0.3 is 5.97 Å². The van der Waals surface area contributed by atoms with Gasteiger partial charge in [0.15, 0.2) is 0 Å². The lowest BCUT2D eigenvalue weighted by Gasteiger charge is -2.37. The average molecular weight is 374 g/mol. The molecule has 0 radical (unpaired) electrons. The van der Waals surface area contributed by atoms with Crippen molar-refractivity contribution in [3.63, 3.8) is 0 Å². The molecule has 3 aliphatic rings. The number of piperazine rings is 1. The highest BCUT2D eigenvalue weighted by atomic mass is 19.1. The van der Waals surface area contributed by atoms with Gasteiger partial charge in [0, 0.05) is 19.6 Å². The van der Waals surface area contributed by atoms with Crippen LogP contribution in [-0.2, 0) is 25.7 Å². The van der Waals surface area contributed by atoms with E-state index in [4.69, 9.17) is 4.74 Å². The number of rotatable bonds is 3. The fourth-order valence-electron chi connectivity index (χ4n) is 4.57. The van der Waals surface area contributed by atoms with Crippen molar-refractivity contribution in [3.05, 3.63) is 35.6 Å². The maximum absolute atomic E-state index is 13.3. The zero-order valence-corrected chi connectivity index (χ0v) is 15.2. The Labute approximate surface area is 157 Å². The summed E-state index contributed by atoms with van der Waals surface area (Å²) < 4.78 is 18.9. The van der Waals surface area contributed by atoms with E-state index in [0.717, 1.165) is 31.2 Å². The summed E-state index contributed by atoms with van der Waals surface area (Å²) >= 11 is 0. The van der Waals surface area contributed by atoms with Gasteiger partial charge in [0.05, 0.1) is 18.9 Å². The molecule has 3 fully saturated rings. The molecule has 4 rings (SSSR count). The molecule has 2 amide bonds. The van der Waals surface area contributed by atoms with Crippen molar-refractivity contribution in [3.8, 4) is 0 Å². The lowest BCUT2D eigenvalue weighted by Crippen LogP contribution is -2.55. The van der Waals surface area contributed by atoms with Crippen LogP contribution in [0.2, 0.25) is 0 Å². The Morgan fingerprint density at radius 2 is 2.00 bits per heavy atom. The molecule has 7 heteroatoms. The van der Waals surface area contributed by atoms with Gasteiger partial charge in [0.1, 0.15) is 11.4 Å². The highest BCUT2D eigenvalue weighted by Gasteiger charge is 2.55. The molecule has 0 aromatic heterocycles. The van der Waals surface area contributed by atoms with Crippen LogP contribution in [0.3, 0.4) is 0 Å². The van der Waals surface area contributed by atoms with Crippen molar-refractivity contribution in [1.29, 1.82) is 0 Å². The van der Waals surface area contributed by atoms with Gasteiger partial charge in [-0.25, -0.2) is 4.39 Å². The van der Waals surface area contributed by atoms with Crippen LogP contribution in [0.5, 0.6) is 0 Å². The van der Waals surface area contributed by atoms with E-state index in [-0.39, 0.29) is 36.6 Å². The summed E-state index contributed by atoms with van der Waals surface area (Å²) in [6.07, 6.45) is 3.47. The Bertz CT molecular complexity index is 775. The van der Waals surface area contributed by atoms with E-state index in [2.05, 4.69) is 0 Å². The quantitative estimate of drug-likeness (QED) is 0.758. The first-order valence-corrected chi connectivity index (χ1v) is 9.50. The molecule has 27 heavy (non-hydrogen) atoms. The molecule has 6 nitrogen and oxygen atoms in total. The van der Waals surface area contributed by atoms with Crippen molar-refractivity contribution >= 4 is 17.8 Å². The molecule has 144 valence electrons. The largest absolute Gasteiger partial charge is 0.458 e. The smallest absolute Gasteiger partial charge is 0.307 e. The zero-order chi connectivity index (χ0) is 19.0. The van der Waals surface area contributed by atoms with Gasteiger partial charge in [-0.2, -0.15) is 0 Å². The molecule has 1 aromatic rings. The number of hydrogen-bond acceptors (Lipinski definition) is 4. The second kappa shape index (κ2) is 6.94. The molecule has 1 atom stereocenters. The highest BCUT2D eigenvalue weighted by molar-refractivity contribution is 5.91. The molecular formula is C20H23FN2O4. The van der Waals surface area contributed by atoms with Crippen LogP contribution in [0.1, 0.15) is 37.7 Å². The van der Waals surface area contributed by atoms with Gasteiger partial charge in [-0.1, -0.05) is 12.1 Å². The topological polar surface area (TPSA) is 66.9 Å². The van der Waals surface area contributed by atoms with Gasteiger partial charge in [0.25, 0.3) is 0 Å². The minimum absolute atomic E-state index is 0.00504. The van der Waals surface area contributed by atoms with Gasteiger partial charge < -0.3 is 14.5 Å². The Kier molecular flexibility index (Phi) is 4.61. The summed E-state index contributed by atoms with van der Waals surface area (Å²) in [7, 11) is 0. The molecule has 1 saturated carbocycles. The maximum atomic E-state index is 13.3. The Hall–Kier alpha value is -2.44. The van der Waals surface area contributed by atoms with E-state index in [9.17, 15) is 18.8 Å². The molecule has 2 heterocycles. The van der Waals surface area contributed by atoms with Crippen LogP contribution < -0.4 is 0 Å². The minimum Gasteiger partial charge on any atom is -0.458 e. The normalized spacial score (nSPS) is 24.6. The SMILES string of the molecule is O=C1C[C@H](C(=O)N2CCN(Cc3cccc(F)c3)C(=O)C2)C2(CCCC2)O1. The van der Waals surface area contributed by atoms with Crippen LogP contribution in [0, 0.1) is 11.7 Å². The monoisotopic (exact) mass is 374 g/mol. The third kappa shape index (κ3) is 3.42. The van der Waals surface area contributed by atoms with Crippen LogP contribution >= 0.6 is 0 Å². The molecule has 1 spiro atoms. The van der Waals surface area contributed by atoms with Gasteiger partial charge in [-0.05, 0) is 43.4 Å². The third-order valence-electron chi connectivity index (χ3n) is 5.96. The minimum atomic E-state index is -0.657. The van der Waals surface area contributed by atoms with E-state index in [1.807, 2.05) is 0 Å². The van der Waals surface area contributed by atoms with E-state index in [0.29, 0.717) is 19.6 Å². The van der Waals surface area contributed by atoms with Crippen molar-refractivity contribution in [2.45, 2.75) is 44.2 Å². The van der Waals surface area contributed by atoms with Crippen LogP contribution in [0.15, 0.2) is 24.3 Å². The fraction of sp³-hybridized carbons (Fsp3) is 0.550. The first-order chi connectivity index (χ1) is 13.0. The predicted octanol–water partition coefficient (Wildman–Crippen LogP) is 1.87. The Morgan fingerprint density at radius 3 is 2.70 bits per heavy atom. The number of ether oxygens (including phenoxy) is 1. The first kappa shape index (κ1) is 17.9. The third-order valence-corrected chi connectivity index (χ3v) is 5.96. The molecule has 0 bridgehead atoms. The second-order valence-electron chi connectivity index (χ2n) is 7.71. The number of benzene rings is 1. The number of carbonyl (C=O) groups excluding carboxylic acids is 3. The lowest BCUT2D eigenvalue weighted by molar-refractivity contribution is -0.155. The molecule has 2 saturated heterocycles. The van der Waals surface area contributed by atoms with Crippen LogP contribution in [-0.4, -0.2) is 52.8 Å². The Balaban J connectivity index is 1.41.